The number of hydrogen-bond acceptors (Lipinski definition) is 2. The minimum Gasteiger partial charge on any atom is -0.393 e. The molecular formula is C9H5F11O2. The molecule has 0 N–H and O–H groups in total. The first-order valence-corrected chi connectivity index (χ1v) is 4.79. The number of carbonyl (C=O) groups excluding carboxylic acids is 1. The van der Waals surface area contributed by atoms with Gasteiger partial charge in [0.2, 0.25) is 0 Å². The number of halogens is 11. The molecule has 0 bridgehead atoms. The van der Waals surface area contributed by atoms with E-state index in [9.17, 15) is 53.1 Å². The molecule has 0 rings (SSSR count). The SMILES string of the molecule is C=C(C)C(=O)OC(F)(F)C(F)(F)C(F)(F)C(F)(F)C(F)(F)F. The van der Waals surface area contributed by atoms with Crippen LogP contribution in [-0.2, 0) is 9.53 Å². The summed E-state index contributed by atoms with van der Waals surface area (Å²) in [6, 6.07) is 0. The molecule has 0 aliphatic carbocycles. The normalized spacial score (nSPS) is 14.7. The number of esters is 1. The van der Waals surface area contributed by atoms with Gasteiger partial charge in [0.15, 0.2) is 0 Å². The first-order valence-electron chi connectivity index (χ1n) is 4.79. The number of carbonyl (C=O) groups is 1. The molecule has 130 valence electrons. The van der Waals surface area contributed by atoms with E-state index in [0.717, 1.165) is 0 Å². The van der Waals surface area contributed by atoms with Gasteiger partial charge in [-0.2, -0.15) is 48.3 Å². The number of ether oxygens (including phenoxy) is 1. The predicted molar refractivity (Wildman–Crippen MR) is 46.7 cm³/mol. The van der Waals surface area contributed by atoms with Gasteiger partial charge in [-0.3, -0.25) is 0 Å². The van der Waals surface area contributed by atoms with E-state index < -0.39 is 41.6 Å². The highest BCUT2D eigenvalue weighted by molar-refractivity contribution is 5.87. The second-order valence-corrected chi connectivity index (χ2v) is 3.91. The largest absolute Gasteiger partial charge is 0.473 e. The van der Waals surface area contributed by atoms with Gasteiger partial charge >= 0.3 is 36.0 Å². The molecule has 0 aromatic heterocycles. The van der Waals surface area contributed by atoms with Crippen LogP contribution in [0.1, 0.15) is 6.92 Å². The maximum absolute atomic E-state index is 12.8. The third-order valence-corrected chi connectivity index (χ3v) is 2.08. The molecular weight excluding hydrogens is 349 g/mol. The van der Waals surface area contributed by atoms with Crippen molar-refractivity contribution in [2.24, 2.45) is 0 Å². The Kier molecular flexibility index (Phi) is 4.89. The standard InChI is InChI=1S/C9H5F11O2/c1-3(2)4(21)22-9(19,20)7(14,15)5(10,11)6(12,13)8(16,17)18/h1H2,2H3. The summed E-state index contributed by atoms with van der Waals surface area (Å²) < 4.78 is 139. The van der Waals surface area contributed by atoms with E-state index in [1.165, 1.54) is 0 Å². The summed E-state index contributed by atoms with van der Waals surface area (Å²) in [5.74, 6) is -24.9. The van der Waals surface area contributed by atoms with Crippen LogP contribution in [0.2, 0.25) is 0 Å². The van der Waals surface area contributed by atoms with Crippen molar-refractivity contribution in [2.45, 2.75) is 37.0 Å². The average molecular weight is 354 g/mol. The molecule has 0 atom stereocenters. The maximum atomic E-state index is 12.8. The van der Waals surface area contributed by atoms with Gasteiger partial charge in [-0.1, -0.05) is 6.58 Å². The molecule has 2 nitrogen and oxygen atoms in total. The van der Waals surface area contributed by atoms with Crippen LogP contribution < -0.4 is 0 Å². The molecule has 0 unspecified atom stereocenters. The van der Waals surface area contributed by atoms with E-state index in [2.05, 4.69) is 11.3 Å². The van der Waals surface area contributed by atoms with Gasteiger partial charge in [0, 0.05) is 5.57 Å². The van der Waals surface area contributed by atoms with E-state index in [4.69, 9.17) is 0 Å². The summed E-state index contributed by atoms with van der Waals surface area (Å²) >= 11 is 0. The van der Waals surface area contributed by atoms with Crippen LogP contribution in [0.25, 0.3) is 0 Å². The highest BCUT2D eigenvalue weighted by Gasteiger charge is 2.88. The van der Waals surface area contributed by atoms with Crippen molar-refractivity contribution in [1.82, 2.24) is 0 Å². The van der Waals surface area contributed by atoms with E-state index in [0.29, 0.717) is 6.92 Å². The molecule has 0 radical (unpaired) electrons. The zero-order valence-electron chi connectivity index (χ0n) is 10.2. The third kappa shape index (κ3) is 2.97. The zero-order valence-corrected chi connectivity index (χ0v) is 10.2. The third-order valence-electron chi connectivity index (χ3n) is 2.08. The van der Waals surface area contributed by atoms with Crippen LogP contribution in [0, 0.1) is 0 Å². The van der Waals surface area contributed by atoms with Gasteiger partial charge in [-0.05, 0) is 6.92 Å². The van der Waals surface area contributed by atoms with Gasteiger partial charge in [0.1, 0.15) is 0 Å². The van der Waals surface area contributed by atoms with E-state index in [1.807, 2.05) is 0 Å². The fourth-order valence-corrected chi connectivity index (χ4v) is 0.826. The minimum absolute atomic E-state index is 0.596. The minimum atomic E-state index is -7.61. The highest BCUT2D eigenvalue weighted by Crippen LogP contribution is 2.57. The van der Waals surface area contributed by atoms with E-state index >= 15 is 0 Å². The Hall–Kier alpha value is -1.56. The lowest BCUT2D eigenvalue weighted by Crippen LogP contribution is -2.67. The lowest BCUT2D eigenvalue weighted by molar-refractivity contribution is -0.449. The molecule has 0 aromatic rings. The topological polar surface area (TPSA) is 26.3 Å². The van der Waals surface area contributed by atoms with Crippen LogP contribution in [0.5, 0.6) is 0 Å². The molecule has 13 heteroatoms. The molecule has 22 heavy (non-hydrogen) atoms. The second-order valence-electron chi connectivity index (χ2n) is 3.91. The first-order chi connectivity index (χ1) is 9.33. The lowest BCUT2D eigenvalue weighted by atomic mass is 10.0. The van der Waals surface area contributed by atoms with Crippen molar-refractivity contribution in [3.8, 4) is 0 Å². The molecule has 0 heterocycles. The molecule has 0 saturated heterocycles. The molecule has 0 aliphatic rings. The van der Waals surface area contributed by atoms with E-state index in [-0.39, 0.29) is 0 Å². The Morgan fingerprint density at radius 3 is 1.41 bits per heavy atom. The maximum Gasteiger partial charge on any atom is 0.473 e. The van der Waals surface area contributed by atoms with Gasteiger partial charge in [0.05, 0.1) is 0 Å². The lowest BCUT2D eigenvalue weighted by Gasteiger charge is -2.36. The fourth-order valence-electron chi connectivity index (χ4n) is 0.826. The van der Waals surface area contributed by atoms with Crippen LogP contribution in [0.4, 0.5) is 48.3 Å². The van der Waals surface area contributed by atoms with Crippen LogP contribution in [0.3, 0.4) is 0 Å². The zero-order chi connectivity index (χ0) is 18.4. The quantitative estimate of drug-likeness (QED) is 0.421. The Labute approximate surface area is 114 Å². The first kappa shape index (κ1) is 20.4. The van der Waals surface area contributed by atoms with Crippen LogP contribution >= 0.6 is 0 Å². The Bertz CT molecular complexity index is 463. The Morgan fingerprint density at radius 2 is 1.14 bits per heavy atom. The summed E-state index contributed by atoms with van der Waals surface area (Å²) in [6.07, 6.45) is -13.9. The van der Waals surface area contributed by atoms with E-state index in [1.54, 1.807) is 0 Å². The van der Waals surface area contributed by atoms with Gasteiger partial charge in [-0.15, -0.1) is 0 Å². The summed E-state index contributed by atoms with van der Waals surface area (Å²) in [5, 5.41) is 0. The smallest absolute Gasteiger partial charge is 0.393 e. The van der Waals surface area contributed by atoms with Crippen LogP contribution in [0.15, 0.2) is 12.2 Å². The number of hydrogen-bond donors (Lipinski definition) is 0. The van der Waals surface area contributed by atoms with Crippen molar-refractivity contribution in [3.63, 3.8) is 0 Å². The second kappa shape index (κ2) is 5.26. The average Bonchev–Trinajstić information content (AvgIpc) is 2.25. The van der Waals surface area contributed by atoms with Crippen molar-refractivity contribution in [3.05, 3.63) is 12.2 Å². The summed E-state index contributed by atoms with van der Waals surface area (Å²) in [5.41, 5.74) is -1.03. The summed E-state index contributed by atoms with van der Waals surface area (Å²) in [4.78, 5) is 10.6. The summed E-state index contributed by atoms with van der Waals surface area (Å²) in [7, 11) is 0. The number of rotatable bonds is 5. The molecule has 0 fully saturated rings. The molecule has 0 aliphatic heterocycles. The Morgan fingerprint density at radius 1 is 0.773 bits per heavy atom. The molecule has 0 amide bonds. The summed E-state index contributed by atoms with van der Waals surface area (Å²) in [6.45, 7) is 3.20. The monoisotopic (exact) mass is 354 g/mol. The molecule has 0 saturated carbocycles. The van der Waals surface area contributed by atoms with Gasteiger partial charge < -0.3 is 4.74 Å². The Balaban J connectivity index is 5.89. The predicted octanol–water partition coefficient (Wildman–Crippen LogP) is 4.17. The molecule has 0 aromatic carbocycles. The van der Waals surface area contributed by atoms with Crippen molar-refractivity contribution in [1.29, 1.82) is 0 Å². The molecule has 0 spiro atoms. The highest BCUT2D eigenvalue weighted by atomic mass is 19.4. The van der Waals surface area contributed by atoms with Crippen LogP contribution in [-0.4, -0.2) is 36.0 Å². The fraction of sp³-hybridized carbons (Fsp3) is 0.667. The van der Waals surface area contributed by atoms with Crippen molar-refractivity contribution < 1.29 is 57.8 Å². The number of alkyl halides is 11. The van der Waals surface area contributed by atoms with Gasteiger partial charge in [-0.25, -0.2) is 4.79 Å². The van der Waals surface area contributed by atoms with Crippen molar-refractivity contribution in [2.75, 3.05) is 0 Å². The van der Waals surface area contributed by atoms with Crippen molar-refractivity contribution >= 4 is 5.97 Å². The van der Waals surface area contributed by atoms with Gasteiger partial charge in [0.25, 0.3) is 0 Å².